The summed E-state index contributed by atoms with van der Waals surface area (Å²) in [7, 11) is 0. The van der Waals surface area contributed by atoms with Gasteiger partial charge in [-0.3, -0.25) is 19.2 Å². The Morgan fingerprint density at radius 1 is 0.788 bits per heavy atom. The summed E-state index contributed by atoms with van der Waals surface area (Å²) < 4.78 is 6.37. The number of aliphatic hydroxyl groups is 1. The number of fused-ring (bicyclic) bond motifs is 5. The highest BCUT2D eigenvalue weighted by atomic mass is 16.5. The van der Waals surface area contributed by atoms with Gasteiger partial charge in [-0.2, -0.15) is 4.74 Å². The van der Waals surface area contributed by atoms with Crippen molar-refractivity contribution in [3.63, 3.8) is 0 Å². The summed E-state index contributed by atoms with van der Waals surface area (Å²) in [5, 5.41) is 20.9. The second kappa shape index (κ2) is 23.7. The lowest BCUT2D eigenvalue weighted by Crippen LogP contribution is -2.53. The second-order valence-electron chi connectivity index (χ2n) is 21.9. The van der Waals surface area contributed by atoms with Crippen molar-refractivity contribution in [2.24, 2.45) is 52.3 Å². The normalized spacial score (nSPS) is 26.0. The Kier molecular flexibility index (Phi) is 18.4. The number of nitrogens with one attached hydrogen (secondary N) is 4. The molecule has 66 heavy (non-hydrogen) atoms. The molecule has 0 radical (unpaired) electrons. The Morgan fingerprint density at radius 2 is 1.53 bits per heavy atom. The van der Waals surface area contributed by atoms with Crippen LogP contribution in [0.3, 0.4) is 0 Å². The first kappa shape index (κ1) is 51.2. The van der Waals surface area contributed by atoms with Crippen LogP contribution in [0.2, 0.25) is 0 Å². The Labute approximate surface area is 397 Å². The monoisotopic (exact) mass is 908 g/mol. The van der Waals surface area contributed by atoms with Gasteiger partial charge in [-0.05, 0) is 126 Å². The molecule has 0 aliphatic heterocycles. The Bertz CT molecular complexity index is 1930. The number of anilines is 1. The third-order valence-corrected chi connectivity index (χ3v) is 16.3. The number of hydrogen-bond donors (Lipinski definition) is 5. The van der Waals surface area contributed by atoms with E-state index in [0.29, 0.717) is 42.7 Å². The van der Waals surface area contributed by atoms with E-state index in [4.69, 9.17) is 4.74 Å². The van der Waals surface area contributed by atoms with E-state index in [1.165, 1.54) is 57.5 Å². The van der Waals surface area contributed by atoms with E-state index in [-0.39, 0.29) is 43.1 Å². The highest BCUT2D eigenvalue weighted by molar-refractivity contribution is 5.98. The standard InChI is InChI=1S/C56H82N4O6/c1-37(2)13-11-14-39(5)46-23-24-47-45-22-19-42-35-44(27-29-55(42,6)48(45)28-30-56(46,47)7)66-32-12-31-57-51(62)25-26-52(63)59-49(33-38(3)4)54(65)60-50(34-40-15-9-8-10-16-40)53(64)58-43-20-17-41(36-61)18-21-43/h8-10,15-21,37-39,45-50,61H,11-14,22-36H2,1-7H3,(H3-,57,58,59,60,62,63,64,65)/p+1. The van der Waals surface area contributed by atoms with Crippen LogP contribution in [0.4, 0.5) is 5.69 Å². The van der Waals surface area contributed by atoms with Gasteiger partial charge in [0.2, 0.25) is 29.7 Å². The summed E-state index contributed by atoms with van der Waals surface area (Å²) in [6.07, 6.45) is 19.1. The average Bonchev–Trinajstić information content (AvgIpc) is 3.65. The van der Waals surface area contributed by atoms with Crippen LogP contribution in [-0.4, -0.2) is 54.0 Å². The van der Waals surface area contributed by atoms with Gasteiger partial charge in [0.25, 0.3) is 0 Å². The minimum absolute atomic E-state index is 0.00107. The van der Waals surface area contributed by atoms with Crippen LogP contribution in [0, 0.1) is 58.4 Å². The number of hydrogen-bond acceptors (Lipinski definition) is 6. The molecule has 0 aromatic heterocycles. The van der Waals surface area contributed by atoms with Gasteiger partial charge >= 0.3 is 0 Å². The van der Waals surface area contributed by atoms with Crippen LogP contribution < -0.4 is 21.3 Å². The van der Waals surface area contributed by atoms with Gasteiger partial charge in [0.1, 0.15) is 31.5 Å². The molecular formula is C56H83N4O6+. The molecule has 2 aromatic carbocycles. The molecule has 9 unspecified atom stereocenters. The van der Waals surface area contributed by atoms with Gasteiger partial charge in [0.05, 0.1) is 6.61 Å². The van der Waals surface area contributed by atoms with Gasteiger partial charge in [-0.1, -0.05) is 116 Å². The molecule has 4 amide bonds. The van der Waals surface area contributed by atoms with Crippen LogP contribution >= 0.6 is 0 Å². The van der Waals surface area contributed by atoms with Crippen molar-refractivity contribution in [2.45, 2.75) is 170 Å². The lowest BCUT2D eigenvalue weighted by Gasteiger charge is -2.57. The zero-order chi connectivity index (χ0) is 47.4. The Balaban J connectivity index is 0.912. The number of carbonyl (C=O) groups excluding carboxylic acids is 4. The van der Waals surface area contributed by atoms with Gasteiger partial charge in [-0.15, -0.1) is 0 Å². The van der Waals surface area contributed by atoms with Gasteiger partial charge < -0.3 is 26.4 Å². The molecule has 362 valence electrons. The fourth-order valence-electron chi connectivity index (χ4n) is 12.7. The van der Waals surface area contributed by atoms with Crippen LogP contribution in [0.25, 0.3) is 0 Å². The summed E-state index contributed by atoms with van der Waals surface area (Å²) in [4.78, 5) is 53.2. The molecule has 4 aliphatic carbocycles. The summed E-state index contributed by atoms with van der Waals surface area (Å²) in [5.41, 5.74) is 4.49. The molecule has 4 aliphatic rings. The number of ether oxygens (including phenoxy) is 1. The number of allylic oxidation sites excluding steroid dienone is 1. The quantitative estimate of drug-likeness (QED) is 0.0427. The largest absolute Gasteiger partial charge is 0.392 e. The molecule has 5 N–H and O–H groups in total. The van der Waals surface area contributed by atoms with Crippen molar-refractivity contribution in [1.29, 1.82) is 0 Å². The highest BCUT2D eigenvalue weighted by Gasteiger charge is 2.60. The van der Waals surface area contributed by atoms with Crippen molar-refractivity contribution in [2.75, 3.05) is 18.5 Å². The highest BCUT2D eigenvalue weighted by Crippen LogP contribution is 2.67. The van der Waals surface area contributed by atoms with Crippen molar-refractivity contribution in [3.05, 3.63) is 83.5 Å². The van der Waals surface area contributed by atoms with Crippen LogP contribution in [0.1, 0.15) is 156 Å². The van der Waals surface area contributed by atoms with Crippen molar-refractivity contribution in [3.8, 4) is 0 Å². The predicted molar refractivity (Wildman–Crippen MR) is 264 cm³/mol. The maximum atomic E-state index is 13.7. The number of benzene rings is 2. The van der Waals surface area contributed by atoms with Crippen molar-refractivity contribution >= 4 is 29.3 Å². The second-order valence-corrected chi connectivity index (χ2v) is 21.9. The SMILES string of the molecule is CC(C)CCCC(C)C1CCC2C3CC=C4C[C+](OCCCNC(=O)CCC(=O)NC(CC(C)C)C(=O)NC(Cc5ccccc5)C(=O)Nc5ccc(CO)cc5)CCC4(C)C3CCC12C. The van der Waals surface area contributed by atoms with Crippen molar-refractivity contribution in [1.82, 2.24) is 16.0 Å². The number of amides is 4. The van der Waals surface area contributed by atoms with E-state index in [2.05, 4.69) is 62.0 Å². The summed E-state index contributed by atoms with van der Waals surface area (Å²) in [6, 6.07) is 14.5. The van der Waals surface area contributed by atoms with E-state index >= 15 is 0 Å². The molecule has 0 spiro atoms. The molecule has 2 aromatic rings. The topological polar surface area (TPSA) is 146 Å². The molecule has 10 heteroatoms. The molecule has 0 saturated heterocycles. The first-order valence-corrected chi connectivity index (χ1v) is 25.7. The molecule has 0 heterocycles. The number of rotatable bonds is 23. The maximum Gasteiger partial charge on any atom is 0.247 e. The third-order valence-electron chi connectivity index (χ3n) is 16.3. The maximum absolute atomic E-state index is 13.7. The Morgan fingerprint density at radius 3 is 2.24 bits per heavy atom. The average molecular weight is 908 g/mol. The van der Waals surface area contributed by atoms with Gasteiger partial charge in [0.15, 0.2) is 0 Å². The van der Waals surface area contributed by atoms with E-state index in [0.717, 1.165) is 60.3 Å². The van der Waals surface area contributed by atoms with E-state index < -0.39 is 29.8 Å². The summed E-state index contributed by atoms with van der Waals surface area (Å²) in [6.45, 7) is 17.3. The fourth-order valence-corrected chi connectivity index (χ4v) is 12.7. The molecule has 3 fully saturated rings. The molecule has 10 nitrogen and oxygen atoms in total. The molecule has 9 atom stereocenters. The number of carbonyl (C=O) groups is 4. The molecule has 3 saturated carbocycles. The Hall–Kier alpha value is -4.15. The molecule has 0 bridgehead atoms. The van der Waals surface area contributed by atoms with E-state index in [1.54, 1.807) is 29.8 Å². The first-order chi connectivity index (χ1) is 31.6. The summed E-state index contributed by atoms with van der Waals surface area (Å²) in [5.74, 6) is 3.56. The molecular weight excluding hydrogens is 825 g/mol. The smallest absolute Gasteiger partial charge is 0.247 e. The van der Waals surface area contributed by atoms with E-state index in [1.807, 2.05) is 44.2 Å². The summed E-state index contributed by atoms with van der Waals surface area (Å²) >= 11 is 0. The van der Waals surface area contributed by atoms with Crippen LogP contribution in [0.15, 0.2) is 66.2 Å². The fraction of sp³-hybridized carbons (Fsp3) is 0.661. The van der Waals surface area contributed by atoms with Crippen LogP contribution in [-0.2, 0) is 36.9 Å². The predicted octanol–water partition coefficient (Wildman–Crippen LogP) is 10.3. The van der Waals surface area contributed by atoms with E-state index in [9.17, 15) is 24.3 Å². The zero-order valence-corrected chi connectivity index (χ0v) is 41.4. The van der Waals surface area contributed by atoms with Gasteiger partial charge in [-0.25, -0.2) is 0 Å². The minimum Gasteiger partial charge on any atom is -0.392 e. The first-order valence-electron chi connectivity index (χ1n) is 25.7. The van der Waals surface area contributed by atoms with Crippen molar-refractivity contribution < 1.29 is 29.0 Å². The van der Waals surface area contributed by atoms with Crippen LogP contribution in [0.5, 0.6) is 0 Å². The third kappa shape index (κ3) is 13.3. The lowest BCUT2D eigenvalue weighted by atomic mass is 9.47. The minimum atomic E-state index is -0.917. The zero-order valence-electron chi connectivity index (χ0n) is 41.4. The molecule has 6 rings (SSSR count). The van der Waals surface area contributed by atoms with Gasteiger partial charge in [0, 0.05) is 37.9 Å². The lowest BCUT2D eigenvalue weighted by molar-refractivity contribution is -0.132. The number of aliphatic hydroxyl groups excluding tert-OH is 1.